The Kier molecular flexibility index (Phi) is 6.59. The standard InChI is InChI=1S/C21H28N2O2/c1-14-8-15(2)10-17(9-14)11-20(23-21(24)16(3)13-22)18-6-5-7-19(12-18)25-4/h5-10,12,16,20H,11,13,22H2,1-4H3,(H,23,24). The molecule has 2 aromatic rings. The van der Waals surface area contributed by atoms with E-state index in [1.165, 1.54) is 16.7 Å². The summed E-state index contributed by atoms with van der Waals surface area (Å²) in [4.78, 5) is 12.4. The van der Waals surface area contributed by atoms with Crippen molar-refractivity contribution in [1.82, 2.24) is 5.32 Å². The Morgan fingerprint density at radius 1 is 1.16 bits per heavy atom. The van der Waals surface area contributed by atoms with Gasteiger partial charge in [-0.2, -0.15) is 0 Å². The van der Waals surface area contributed by atoms with Crippen LogP contribution in [-0.4, -0.2) is 19.6 Å². The van der Waals surface area contributed by atoms with Gasteiger partial charge in [0.2, 0.25) is 5.91 Å². The fourth-order valence-corrected chi connectivity index (χ4v) is 2.95. The third kappa shape index (κ3) is 5.33. The van der Waals surface area contributed by atoms with Crippen LogP contribution in [-0.2, 0) is 11.2 Å². The van der Waals surface area contributed by atoms with Gasteiger partial charge in [-0.25, -0.2) is 0 Å². The van der Waals surface area contributed by atoms with E-state index in [1.807, 2.05) is 31.2 Å². The van der Waals surface area contributed by atoms with E-state index in [0.717, 1.165) is 17.7 Å². The molecular weight excluding hydrogens is 312 g/mol. The molecule has 0 radical (unpaired) electrons. The Hall–Kier alpha value is -2.33. The van der Waals surface area contributed by atoms with Gasteiger partial charge in [0.05, 0.1) is 13.2 Å². The Bertz CT molecular complexity index is 707. The number of rotatable bonds is 7. The summed E-state index contributed by atoms with van der Waals surface area (Å²) in [5.41, 5.74) is 10.3. The lowest BCUT2D eigenvalue weighted by Gasteiger charge is -2.22. The van der Waals surface area contributed by atoms with E-state index in [4.69, 9.17) is 10.5 Å². The molecule has 4 heteroatoms. The Labute approximate surface area is 150 Å². The molecule has 0 aliphatic heterocycles. The van der Waals surface area contributed by atoms with E-state index < -0.39 is 0 Å². The third-order valence-corrected chi connectivity index (χ3v) is 4.34. The molecule has 25 heavy (non-hydrogen) atoms. The molecule has 4 nitrogen and oxygen atoms in total. The highest BCUT2D eigenvalue weighted by atomic mass is 16.5. The van der Waals surface area contributed by atoms with Crippen LogP contribution >= 0.6 is 0 Å². The number of carbonyl (C=O) groups is 1. The van der Waals surface area contributed by atoms with Crippen molar-refractivity contribution < 1.29 is 9.53 Å². The fourth-order valence-electron chi connectivity index (χ4n) is 2.95. The minimum absolute atomic E-state index is 0.0281. The maximum atomic E-state index is 12.4. The smallest absolute Gasteiger partial charge is 0.224 e. The number of amides is 1. The number of hydrogen-bond acceptors (Lipinski definition) is 3. The highest BCUT2D eigenvalue weighted by molar-refractivity contribution is 5.79. The van der Waals surface area contributed by atoms with Crippen LogP contribution in [0.5, 0.6) is 5.75 Å². The van der Waals surface area contributed by atoms with Gasteiger partial charge in [-0.05, 0) is 43.5 Å². The molecule has 0 bridgehead atoms. The zero-order chi connectivity index (χ0) is 18.4. The third-order valence-electron chi connectivity index (χ3n) is 4.34. The predicted molar refractivity (Wildman–Crippen MR) is 102 cm³/mol. The Morgan fingerprint density at radius 3 is 2.44 bits per heavy atom. The number of nitrogens with two attached hydrogens (primary N) is 1. The Morgan fingerprint density at radius 2 is 1.84 bits per heavy atom. The van der Waals surface area contributed by atoms with Gasteiger partial charge in [-0.3, -0.25) is 4.79 Å². The van der Waals surface area contributed by atoms with Gasteiger partial charge < -0.3 is 15.8 Å². The molecule has 0 fully saturated rings. The van der Waals surface area contributed by atoms with Crippen LogP contribution in [0.25, 0.3) is 0 Å². The monoisotopic (exact) mass is 340 g/mol. The van der Waals surface area contributed by atoms with Crippen molar-refractivity contribution in [2.24, 2.45) is 11.7 Å². The topological polar surface area (TPSA) is 64.3 Å². The number of aryl methyl sites for hydroxylation is 2. The first-order valence-electron chi connectivity index (χ1n) is 8.64. The summed E-state index contributed by atoms with van der Waals surface area (Å²) in [6, 6.07) is 14.2. The molecular formula is C21H28N2O2. The zero-order valence-corrected chi connectivity index (χ0v) is 15.5. The van der Waals surface area contributed by atoms with E-state index in [9.17, 15) is 4.79 Å². The molecule has 134 valence electrons. The highest BCUT2D eigenvalue weighted by Crippen LogP contribution is 2.24. The largest absolute Gasteiger partial charge is 0.497 e. The second-order valence-electron chi connectivity index (χ2n) is 6.67. The maximum Gasteiger partial charge on any atom is 0.224 e. The molecule has 0 heterocycles. The summed E-state index contributed by atoms with van der Waals surface area (Å²) in [5, 5.41) is 3.15. The van der Waals surface area contributed by atoms with Gasteiger partial charge in [0.15, 0.2) is 0 Å². The number of ether oxygens (including phenoxy) is 1. The average molecular weight is 340 g/mol. The molecule has 2 atom stereocenters. The summed E-state index contributed by atoms with van der Waals surface area (Å²) in [6.07, 6.45) is 0.721. The molecule has 2 aromatic carbocycles. The molecule has 2 rings (SSSR count). The predicted octanol–water partition coefficient (Wildman–Crippen LogP) is 3.31. The molecule has 1 amide bonds. The minimum atomic E-state index is -0.215. The maximum absolute atomic E-state index is 12.4. The quantitative estimate of drug-likeness (QED) is 0.813. The molecule has 0 spiro atoms. The van der Waals surface area contributed by atoms with Gasteiger partial charge in [0.1, 0.15) is 5.75 Å². The molecule has 0 saturated carbocycles. The van der Waals surface area contributed by atoms with E-state index in [2.05, 4.69) is 37.4 Å². The van der Waals surface area contributed by atoms with Crippen LogP contribution in [0.2, 0.25) is 0 Å². The normalized spacial score (nSPS) is 13.2. The lowest BCUT2D eigenvalue weighted by atomic mass is 9.95. The average Bonchev–Trinajstić information content (AvgIpc) is 2.59. The summed E-state index contributed by atoms with van der Waals surface area (Å²) in [5.74, 6) is 0.538. The van der Waals surface area contributed by atoms with Crippen LogP contribution in [0.15, 0.2) is 42.5 Å². The second kappa shape index (κ2) is 8.67. The minimum Gasteiger partial charge on any atom is -0.497 e. The van der Waals surface area contributed by atoms with Gasteiger partial charge in [0.25, 0.3) is 0 Å². The van der Waals surface area contributed by atoms with Crippen molar-refractivity contribution in [2.75, 3.05) is 13.7 Å². The van der Waals surface area contributed by atoms with Crippen LogP contribution in [0, 0.1) is 19.8 Å². The van der Waals surface area contributed by atoms with E-state index in [-0.39, 0.29) is 17.9 Å². The van der Waals surface area contributed by atoms with Gasteiger partial charge in [-0.1, -0.05) is 48.4 Å². The summed E-state index contributed by atoms with van der Waals surface area (Å²) < 4.78 is 5.33. The van der Waals surface area contributed by atoms with Crippen LogP contribution < -0.4 is 15.8 Å². The summed E-state index contributed by atoms with van der Waals surface area (Å²) >= 11 is 0. The van der Waals surface area contributed by atoms with Crippen molar-refractivity contribution in [3.63, 3.8) is 0 Å². The number of carbonyl (C=O) groups excluding carboxylic acids is 1. The number of hydrogen-bond donors (Lipinski definition) is 2. The van der Waals surface area contributed by atoms with Crippen LogP contribution in [0.1, 0.15) is 35.2 Å². The van der Waals surface area contributed by atoms with E-state index in [1.54, 1.807) is 7.11 Å². The van der Waals surface area contributed by atoms with E-state index >= 15 is 0 Å². The molecule has 3 N–H and O–H groups in total. The lowest BCUT2D eigenvalue weighted by Crippen LogP contribution is -2.36. The van der Waals surface area contributed by atoms with Crippen LogP contribution in [0.4, 0.5) is 0 Å². The molecule has 0 saturated heterocycles. The summed E-state index contributed by atoms with van der Waals surface area (Å²) in [7, 11) is 1.65. The van der Waals surface area contributed by atoms with Crippen molar-refractivity contribution in [3.05, 3.63) is 64.7 Å². The molecule has 0 aromatic heterocycles. The van der Waals surface area contributed by atoms with Gasteiger partial charge >= 0.3 is 0 Å². The number of benzene rings is 2. The summed E-state index contributed by atoms with van der Waals surface area (Å²) in [6.45, 7) is 6.35. The fraction of sp³-hybridized carbons (Fsp3) is 0.381. The molecule has 2 unspecified atom stereocenters. The van der Waals surface area contributed by atoms with E-state index in [0.29, 0.717) is 6.54 Å². The first-order valence-corrected chi connectivity index (χ1v) is 8.64. The highest BCUT2D eigenvalue weighted by Gasteiger charge is 2.19. The molecule has 0 aliphatic carbocycles. The first-order chi connectivity index (χ1) is 11.9. The first kappa shape index (κ1) is 19.0. The van der Waals surface area contributed by atoms with Gasteiger partial charge in [-0.15, -0.1) is 0 Å². The molecule has 0 aliphatic rings. The van der Waals surface area contributed by atoms with Crippen molar-refractivity contribution in [2.45, 2.75) is 33.2 Å². The van der Waals surface area contributed by atoms with Gasteiger partial charge in [0, 0.05) is 12.5 Å². The van der Waals surface area contributed by atoms with Crippen molar-refractivity contribution >= 4 is 5.91 Å². The Balaban J connectivity index is 2.31. The SMILES string of the molecule is COc1cccc(C(Cc2cc(C)cc(C)c2)NC(=O)C(C)CN)c1. The number of methoxy groups -OCH3 is 1. The van der Waals surface area contributed by atoms with Crippen molar-refractivity contribution in [1.29, 1.82) is 0 Å². The number of nitrogens with one attached hydrogen (secondary N) is 1. The zero-order valence-electron chi connectivity index (χ0n) is 15.5. The lowest BCUT2D eigenvalue weighted by molar-refractivity contribution is -0.125. The van der Waals surface area contributed by atoms with Crippen molar-refractivity contribution in [3.8, 4) is 5.75 Å². The second-order valence-corrected chi connectivity index (χ2v) is 6.67. The van der Waals surface area contributed by atoms with Crippen LogP contribution in [0.3, 0.4) is 0 Å².